The highest BCUT2D eigenvalue weighted by Gasteiger charge is 2.27. The van der Waals surface area contributed by atoms with Crippen molar-refractivity contribution in [1.82, 2.24) is 29.6 Å². The Kier molecular flexibility index (Phi) is 5.12. The zero-order valence-electron chi connectivity index (χ0n) is 15.6. The number of piperidine rings is 1. The monoisotopic (exact) mass is 357 g/mol. The largest absolute Gasteiger partial charge is 0.379 e. The minimum Gasteiger partial charge on any atom is -0.379 e. The first-order valence-electron chi connectivity index (χ1n) is 9.43. The normalized spacial score (nSPS) is 21.9. The molecule has 140 valence electrons. The van der Waals surface area contributed by atoms with Gasteiger partial charge in [0.05, 0.1) is 19.8 Å². The second-order valence-electron chi connectivity index (χ2n) is 7.17. The topological polar surface area (TPSA) is 72.2 Å². The Morgan fingerprint density at radius 2 is 2.04 bits per heavy atom. The Morgan fingerprint density at radius 3 is 2.85 bits per heavy atom. The molecule has 0 bridgehead atoms. The molecule has 0 unspecified atom stereocenters. The van der Waals surface area contributed by atoms with Crippen LogP contribution in [0.15, 0.2) is 12.3 Å². The average Bonchev–Trinajstić information content (AvgIpc) is 3.03. The van der Waals surface area contributed by atoms with E-state index in [1.807, 2.05) is 19.2 Å². The van der Waals surface area contributed by atoms with Crippen molar-refractivity contribution in [3.63, 3.8) is 0 Å². The van der Waals surface area contributed by atoms with Gasteiger partial charge in [-0.2, -0.15) is 0 Å². The number of anilines is 1. The van der Waals surface area contributed by atoms with Crippen LogP contribution in [0.5, 0.6) is 0 Å². The summed E-state index contributed by atoms with van der Waals surface area (Å²) in [6.45, 7) is 8.28. The second-order valence-corrected chi connectivity index (χ2v) is 7.17. The fourth-order valence-corrected chi connectivity index (χ4v) is 3.84. The van der Waals surface area contributed by atoms with E-state index in [9.17, 15) is 0 Å². The summed E-state index contributed by atoms with van der Waals surface area (Å²) >= 11 is 0. The fraction of sp³-hybridized carbons (Fsp3) is 0.667. The molecule has 0 N–H and O–H groups in total. The van der Waals surface area contributed by atoms with Crippen LogP contribution in [0.25, 0.3) is 0 Å². The summed E-state index contributed by atoms with van der Waals surface area (Å²) in [6, 6.07) is 2.00. The molecule has 0 saturated carbocycles. The summed E-state index contributed by atoms with van der Waals surface area (Å²) < 4.78 is 7.62. The average molecular weight is 357 g/mol. The third-order valence-corrected chi connectivity index (χ3v) is 5.34. The van der Waals surface area contributed by atoms with Crippen LogP contribution in [0, 0.1) is 6.92 Å². The highest BCUT2D eigenvalue weighted by molar-refractivity contribution is 5.38. The van der Waals surface area contributed by atoms with E-state index in [0.29, 0.717) is 5.92 Å². The molecule has 0 aromatic carbocycles. The van der Waals surface area contributed by atoms with Crippen molar-refractivity contribution < 1.29 is 4.74 Å². The van der Waals surface area contributed by atoms with Gasteiger partial charge in [0.2, 0.25) is 0 Å². The Labute approximate surface area is 154 Å². The quantitative estimate of drug-likeness (QED) is 0.812. The lowest BCUT2D eigenvalue weighted by molar-refractivity contribution is 0.0326. The van der Waals surface area contributed by atoms with E-state index >= 15 is 0 Å². The van der Waals surface area contributed by atoms with E-state index in [-0.39, 0.29) is 0 Å². The Bertz CT molecular complexity index is 741. The van der Waals surface area contributed by atoms with E-state index in [4.69, 9.17) is 4.74 Å². The molecule has 8 nitrogen and oxygen atoms in total. The second kappa shape index (κ2) is 7.67. The summed E-state index contributed by atoms with van der Waals surface area (Å²) in [6.07, 6.45) is 4.12. The molecule has 8 heteroatoms. The molecule has 0 spiro atoms. The van der Waals surface area contributed by atoms with Gasteiger partial charge in [-0.25, -0.2) is 9.97 Å². The SMILES string of the molecule is Cc1nccc(N2CCC[C@@H](c3nnc(CN4CCOCC4)n3C)C2)n1. The summed E-state index contributed by atoms with van der Waals surface area (Å²) in [5.74, 6) is 4.34. The molecular weight excluding hydrogens is 330 g/mol. The first-order chi connectivity index (χ1) is 12.7. The van der Waals surface area contributed by atoms with Crippen molar-refractivity contribution >= 4 is 5.82 Å². The molecule has 4 rings (SSSR count). The summed E-state index contributed by atoms with van der Waals surface area (Å²) in [5.41, 5.74) is 0. The molecule has 0 amide bonds. The van der Waals surface area contributed by atoms with Crippen LogP contribution >= 0.6 is 0 Å². The third kappa shape index (κ3) is 3.71. The lowest BCUT2D eigenvalue weighted by Gasteiger charge is -2.33. The van der Waals surface area contributed by atoms with Crippen LogP contribution in [-0.4, -0.2) is 69.0 Å². The smallest absolute Gasteiger partial charge is 0.146 e. The molecule has 2 aliphatic rings. The molecule has 2 aromatic rings. The number of hydrogen-bond donors (Lipinski definition) is 0. The van der Waals surface area contributed by atoms with Gasteiger partial charge in [-0.15, -0.1) is 10.2 Å². The van der Waals surface area contributed by atoms with Gasteiger partial charge in [0.1, 0.15) is 23.3 Å². The number of morpholine rings is 1. The van der Waals surface area contributed by atoms with E-state index in [1.165, 1.54) is 0 Å². The molecule has 0 aliphatic carbocycles. The lowest BCUT2D eigenvalue weighted by atomic mass is 9.97. The standard InChI is InChI=1S/C18H27N7O/c1-14-19-6-5-16(20-14)25-7-3-4-15(12-25)18-22-21-17(23(18)2)13-24-8-10-26-11-9-24/h5-6,15H,3-4,7-13H2,1-2H3/t15-/m1/s1. The molecule has 4 heterocycles. The van der Waals surface area contributed by atoms with Crippen molar-refractivity contribution in [1.29, 1.82) is 0 Å². The minimum atomic E-state index is 0.384. The molecular formula is C18H27N7O. The summed E-state index contributed by atoms with van der Waals surface area (Å²) in [5, 5.41) is 9.03. The van der Waals surface area contributed by atoms with Crippen LogP contribution in [0.1, 0.15) is 36.2 Å². The van der Waals surface area contributed by atoms with Crippen molar-refractivity contribution in [3.05, 3.63) is 29.7 Å². The van der Waals surface area contributed by atoms with Gasteiger partial charge in [0.15, 0.2) is 0 Å². The van der Waals surface area contributed by atoms with Crippen LogP contribution in [0.2, 0.25) is 0 Å². The van der Waals surface area contributed by atoms with Gasteiger partial charge in [-0.05, 0) is 25.8 Å². The van der Waals surface area contributed by atoms with Crippen molar-refractivity contribution in [2.24, 2.45) is 7.05 Å². The lowest BCUT2D eigenvalue weighted by Crippen LogP contribution is -2.37. The third-order valence-electron chi connectivity index (χ3n) is 5.34. The van der Waals surface area contributed by atoms with Crippen molar-refractivity contribution in [2.75, 3.05) is 44.3 Å². The van der Waals surface area contributed by atoms with Crippen LogP contribution in [-0.2, 0) is 18.3 Å². The first-order valence-corrected chi connectivity index (χ1v) is 9.43. The highest BCUT2D eigenvalue weighted by atomic mass is 16.5. The Hall–Kier alpha value is -2.06. The van der Waals surface area contributed by atoms with Crippen molar-refractivity contribution in [2.45, 2.75) is 32.2 Å². The summed E-state index contributed by atoms with van der Waals surface area (Å²) in [7, 11) is 2.10. The number of hydrogen-bond acceptors (Lipinski definition) is 7. The molecule has 2 aromatic heterocycles. The number of rotatable bonds is 4. The number of aryl methyl sites for hydroxylation is 1. The maximum Gasteiger partial charge on any atom is 0.146 e. The predicted molar refractivity (Wildman–Crippen MR) is 98.1 cm³/mol. The highest BCUT2D eigenvalue weighted by Crippen LogP contribution is 2.28. The predicted octanol–water partition coefficient (Wildman–Crippen LogP) is 1.13. The molecule has 0 radical (unpaired) electrons. The zero-order valence-corrected chi connectivity index (χ0v) is 15.6. The van der Waals surface area contributed by atoms with Gasteiger partial charge in [0.25, 0.3) is 0 Å². The number of nitrogens with zero attached hydrogens (tertiary/aromatic N) is 7. The maximum atomic E-state index is 5.43. The van der Waals surface area contributed by atoms with E-state index in [0.717, 1.165) is 82.1 Å². The van der Waals surface area contributed by atoms with Gasteiger partial charge >= 0.3 is 0 Å². The van der Waals surface area contributed by atoms with E-state index in [2.05, 4.69) is 41.6 Å². The number of aromatic nitrogens is 5. The molecule has 2 fully saturated rings. The first kappa shape index (κ1) is 17.4. The van der Waals surface area contributed by atoms with E-state index in [1.54, 1.807) is 0 Å². The molecule has 26 heavy (non-hydrogen) atoms. The zero-order chi connectivity index (χ0) is 17.9. The van der Waals surface area contributed by atoms with Gasteiger partial charge in [0, 0.05) is 45.3 Å². The van der Waals surface area contributed by atoms with Crippen molar-refractivity contribution in [3.8, 4) is 0 Å². The summed E-state index contributed by atoms with van der Waals surface area (Å²) in [4.78, 5) is 13.5. The number of ether oxygens (including phenoxy) is 1. The van der Waals surface area contributed by atoms with Crippen LogP contribution < -0.4 is 4.90 Å². The van der Waals surface area contributed by atoms with Gasteiger partial charge in [-0.3, -0.25) is 4.90 Å². The van der Waals surface area contributed by atoms with Gasteiger partial charge < -0.3 is 14.2 Å². The van der Waals surface area contributed by atoms with Gasteiger partial charge in [-0.1, -0.05) is 0 Å². The Morgan fingerprint density at radius 1 is 1.19 bits per heavy atom. The molecule has 2 aliphatic heterocycles. The minimum absolute atomic E-state index is 0.384. The fourth-order valence-electron chi connectivity index (χ4n) is 3.84. The molecule has 2 saturated heterocycles. The maximum absolute atomic E-state index is 5.43. The Balaban J connectivity index is 1.46. The van der Waals surface area contributed by atoms with E-state index < -0.39 is 0 Å². The van der Waals surface area contributed by atoms with Crippen LogP contribution in [0.4, 0.5) is 5.82 Å². The molecule has 1 atom stereocenters. The van der Waals surface area contributed by atoms with Crippen LogP contribution in [0.3, 0.4) is 0 Å².